The van der Waals surface area contributed by atoms with Gasteiger partial charge in [0.2, 0.25) is 9.84 Å². The maximum absolute atomic E-state index is 13.6. The van der Waals surface area contributed by atoms with Crippen molar-refractivity contribution in [1.29, 1.82) is 5.41 Å². The Morgan fingerprint density at radius 3 is 2.47 bits per heavy atom. The molecule has 38 heavy (non-hydrogen) atoms. The van der Waals surface area contributed by atoms with Crippen LogP contribution in [0.15, 0.2) is 92.9 Å². The minimum Gasteiger partial charge on any atom is -0.383 e. The third kappa shape index (κ3) is 6.09. The van der Waals surface area contributed by atoms with Gasteiger partial charge in [0.1, 0.15) is 5.84 Å². The van der Waals surface area contributed by atoms with E-state index in [2.05, 4.69) is 10.6 Å². The number of benzene rings is 3. The summed E-state index contributed by atoms with van der Waals surface area (Å²) in [6.45, 7) is 2.39. The van der Waals surface area contributed by atoms with E-state index in [4.69, 9.17) is 11.1 Å². The van der Waals surface area contributed by atoms with Crippen LogP contribution in [-0.4, -0.2) is 33.1 Å². The van der Waals surface area contributed by atoms with Crippen molar-refractivity contribution < 1.29 is 13.2 Å². The molecular weight excluding hydrogens is 537 g/mol. The van der Waals surface area contributed by atoms with Crippen LogP contribution in [0, 0.1) is 12.3 Å². The van der Waals surface area contributed by atoms with E-state index in [1.165, 1.54) is 29.2 Å². The summed E-state index contributed by atoms with van der Waals surface area (Å²) in [5.41, 5.74) is 9.62. The number of urea groups is 1. The van der Waals surface area contributed by atoms with Gasteiger partial charge in [0.25, 0.3) is 0 Å². The van der Waals surface area contributed by atoms with Gasteiger partial charge in [-0.15, -0.1) is 23.1 Å². The fourth-order valence-electron chi connectivity index (χ4n) is 4.05. The molecule has 196 valence electrons. The Labute approximate surface area is 230 Å². The van der Waals surface area contributed by atoms with Crippen molar-refractivity contribution in [3.05, 3.63) is 94.9 Å². The van der Waals surface area contributed by atoms with Gasteiger partial charge in [-0.2, -0.15) is 0 Å². The number of thiophene rings is 1. The second kappa shape index (κ2) is 11.8. The molecule has 0 saturated carbocycles. The molecule has 0 bridgehead atoms. The molecule has 0 unspecified atom stereocenters. The normalized spacial score (nSPS) is 11.2. The summed E-state index contributed by atoms with van der Waals surface area (Å²) in [5.74, 6) is -0.168. The molecule has 0 aliphatic rings. The second-order valence-electron chi connectivity index (χ2n) is 8.53. The molecular formula is C28H28N4O3S3. The molecule has 0 saturated heterocycles. The Morgan fingerprint density at radius 2 is 1.76 bits per heavy atom. The van der Waals surface area contributed by atoms with E-state index >= 15 is 0 Å². The molecule has 0 aliphatic carbocycles. The largest absolute Gasteiger partial charge is 0.383 e. The number of amides is 2. The summed E-state index contributed by atoms with van der Waals surface area (Å²) in [5, 5.41) is 13.5. The minimum absolute atomic E-state index is 0.125. The van der Waals surface area contributed by atoms with Gasteiger partial charge in [-0.25, -0.2) is 13.2 Å². The summed E-state index contributed by atoms with van der Waals surface area (Å²) >= 11 is 2.49. The van der Waals surface area contributed by atoms with Crippen molar-refractivity contribution in [3.8, 4) is 11.1 Å². The summed E-state index contributed by atoms with van der Waals surface area (Å²) in [6.07, 6.45) is 2.50. The molecule has 7 nitrogen and oxygen atoms in total. The van der Waals surface area contributed by atoms with Crippen molar-refractivity contribution in [2.45, 2.75) is 27.3 Å². The first-order valence-corrected chi connectivity index (χ1v) is 15.3. The third-order valence-electron chi connectivity index (χ3n) is 5.90. The molecule has 3 aromatic carbocycles. The Hall–Kier alpha value is -3.60. The molecule has 0 radical (unpaired) electrons. The number of nitrogens with two attached hydrogens (primary N) is 1. The smallest absolute Gasteiger partial charge is 0.319 e. The first-order chi connectivity index (χ1) is 18.2. The van der Waals surface area contributed by atoms with Crippen molar-refractivity contribution in [3.63, 3.8) is 0 Å². The number of amidine groups is 1. The average molecular weight is 565 g/mol. The summed E-state index contributed by atoms with van der Waals surface area (Å²) in [4.78, 5) is 13.4. The maximum Gasteiger partial charge on any atom is 0.319 e. The lowest BCUT2D eigenvalue weighted by Gasteiger charge is -2.16. The van der Waals surface area contributed by atoms with Crippen LogP contribution < -0.4 is 16.4 Å². The highest BCUT2D eigenvalue weighted by molar-refractivity contribution is 8.01. The number of hydrogen-bond acceptors (Lipinski definition) is 6. The Kier molecular flexibility index (Phi) is 8.55. The van der Waals surface area contributed by atoms with Gasteiger partial charge < -0.3 is 16.4 Å². The topological polar surface area (TPSA) is 125 Å². The number of rotatable bonds is 9. The van der Waals surface area contributed by atoms with E-state index in [1.54, 1.807) is 30.5 Å². The molecule has 1 heterocycles. The van der Waals surface area contributed by atoms with E-state index in [-0.39, 0.29) is 21.7 Å². The zero-order valence-electron chi connectivity index (χ0n) is 20.9. The fraction of sp³-hybridized carbons (Fsp3) is 0.143. The monoisotopic (exact) mass is 564 g/mol. The number of carbonyl (C=O) groups is 1. The first-order valence-electron chi connectivity index (χ1n) is 11.8. The first kappa shape index (κ1) is 27.4. The predicted octanol–water partition coefficient (Wildman–Crippen LogP) is 5.93. The maximum atomic E-state index is 13.6. The zero-order chi connectivity index (χ0) is 27.3. The van der Waals surface area contributed by atoms with Gasteiger partial charge in [0.05, 0.1) is 24.6 Å². The number of aryl methyl sites for hydroxylation is 1. The SMILES string of the molecule is CSc1sc(C(=N)N)cc1S(=O)(=O)c1cccc(-c2c(C)cccc2NC(=O)NCCc2ccccc2)c1. The van der Waals surface area contributed by atoms with Gasteiger partial charge in [-0.1, -0.05) is 54.6 Å². The molecule has 4 aromatic rings. The second-order valence-corrected chi connectivity index (χ2v) is 12.6. The highest BCUT2D eigenvalue weighted by Gasteiger charge is 2.25. The number of anilines is 1. The number of carbonyl (C=O) groups excluding carboxylic acids is 1. The van der Waals surface area contributed by atoms with Crippen molar-refractivity contribution >= 4 is 50.5 Å². The molecule has 0 atom stereocenters. The number of thioether (sulfide) groups is 1. The lowest BCUT2D eigenvalue weighted by atomic mass is 9.98. The van der Waals surface area contributed by atoms with Gasteiger partial charge in [0, 0.05) is 12.1 Å². The van der Waals surface area contributed by atoms with Crippen LogP contribution in [0.1, 0.15) is 16.0 Å². The van der Waals surface area contributed by atoms with Crippen LogP contribution in [0.2, 0.25) is 0 Å². The summed E-state index contributed by atoms with van der Waals surface area (Å²) < 4.78 is 27.8. The molecule has 0 fully saturated rings. The van der Waals surface area contributed by atoms with Gasteiger partial charge in [-0.3, -0.25) is 5.41 Å². The molecule has 5 N–H and O–H groups in total. The molecule has 10 heteroatoms. The zero-order valence-corrected chi connectivity index (χ0v) is 23.4. The van der Waals surface area contributed by atoms with Crippen LogP contribution in [0.5, 0.6) is 0 Å². The minimum atomic E-state index is -3.87. The molecule has 1 aromatic heterocycles. The lowest BCUT2D eigenvalue weighted by molar-refractivity contribution is 0.252. The van der Waals surface area contributed by atoms with Crippen LogP contribution in [0.3, 0.4) is 0 Å². The number of nitrogen functional groups attached to an aromatic ring is 1. The van der Waals surface area contributed by atoms with Crippen molar-refractivity contribution in [1.82, 2.24) is 5.32 Å². The number of nitrogens with one attached hydrogen (secondary N) is 3. The Bertz CT molecular complexity index is 1580. The van der Waals surface area contributed by atoms with Crippen molar-refractivity contribution in [2.24, 2.45) is 5.73 Å². The lowest BCUT2D eigenvalue weighted by Crippen LogP contribution is -2.30. The molecule has 4 rings (SSSR count). The molecule has 0 spiro atoms. The molecule has 2 amide bonds. The van der Waals surface area contributed by atoms with Gasteiger partial charge in [0.15, 0.2) is 0 Å². The molecule has 0 aliphatic heterocycles. The van der Waals surface area contributed by atoms with Gasteiger partial charge >= 0.3 is 6.03 Å². The fourth-order valence-corrected chi connectivity index (χ4v) is 7.96. The number of sulfone groups is 1. The van der Waals surface area contributed by atoms with Crippen molar-refractivity contribution in [2.75, 3.05) is 18.1 Å². The average Bonchev–Trinajstić information content (AvgIpc) is 3.36. The Balaban J connectivity index is 1.61. The van der Waals surface area contributed by atoms with E-state index in [9.17, 15) is 13.2 Å². The van der Waals surface area contributed by atoms with E-state index in [0.29, 0.717) is 33.3 Å². The van der Waals surface area contributed by atoms with Crippen LogP contribution in [0.25, 0.3) is 11.1 Å². The van der Waals surface area contributed by atoms with Crippen LogP contribution in [-0.2, 0) is 16.3 Å². The highest BCUT2D eigenvalue weighted by atomic mass is 32.2. The summed E-state index contributed by atoms with van der Waals surface area (Å²) in [7, 11) is -3.87. The summed E-state index contributed by atoms with van der Waals surface area (Å²) in [6, 6.07) is 23.3. The predicted molar refractivity (Wildman–Crippen MR) is 156 cm³/mol. The van der Waals surface area contributed by atoms with E-state index in [1.807, 2.05) is 55.5 Å². The van der Waals surface area contributed by atoms with E-state index in [0.717, 1.165) is 16.7 Å². The van der Waals surface area contributed by atoms with Crippen LogP contribution >= 0.6 is 23.1 Å². The highest BCUT2D eigenvalue weighted by Crippen LogP contribution is 2.38. The Morgan fingerprint density at radius 1 is 1.03 bits per heavy atom. The number of hydrogen-bond donors (Lipinski definition) is 4. The quantitative estimate of drug-likeness (QED) is 0.114. The standard InChI is InChI=1S/C28H28N4O3S3/c1-18-8-6-13-22(32-28(33)31-15-14-19-9-4-3-5-10-19)25(18)20-11-7-12-21(16-20)38(34,35)24-17-23(26(29)30)37-27(24)36-2/h3-13,16-17H,14-15H2,1-2H3,(H3,29,30)(H2,31,32,33). The third-order valence-corrected chi connectivity index (χ3v) is 10.2. The van der Waals surface area contributed by atoms with Crippen LogP contribution in [0.4, 0.5) is 10.5 Å². The van der Waals surface area contributed by atoms with E-state index < -0.39 is 9.84 Å². The van der Waals surface area contributed by atoms with Gasteiger partial charge in [-0.05, 0) is 60.6 Å².